The van der Waals surface area contributed by atoms with Gasteiger partial charge in [0.25, 0.3) is 0 Å². The minimum absolute atomic E-state index is 0.0485. The highest BCUT2D eigenvalue weighted by atomic mass is 16.3. The molecule has 0 aliphatic heterocycles. The van der Waals surface area contributed by atoms with E-state index < -0.39 is 0 Å². The molecule has 0 fully saturated rings. The van der Waals surface area contributed by atoms with Crippen molar-refractivity contribution in [3.63, 3.8) is 0 Å². The van der Waals surface area contributed by atoms with Crippen LogP contribution in [0.2, 0.25) is 0 Å². The van der Waals surface area contributed by atoms with Crippen LogP contribution < -0.4 is 5.73 Å². The molecule has 0 spiro atoms. The maximum Gasteiger partial charge on any atom is 0.144 e. The standard InChI is InChI=1S/C16H17N3O/c1-10-5-6-12(8-11(10)2)14-15(17)19-7-3-4-13(9-20)16(19)18-14/h3-8,20H,9,17H2,1-2H3. The molecule has 0 bridgehead atoms. The number of anilines is 1. The van der Waals surface area contributed by atoms with Crippen molar-refractivity contribution in [3.8, 4) is 11.3 Å². The number of imidazole rings is 1. The predicted octanol–water partition coefficient (Wildman–Crippen LogP) is 2.69. The van der Waals surface area contributed by atoms with Gasteiger partial charge in [0.1, 0.15) is 17.2 Å². The molecule has 2 heterocycles. The molecule has 2 aromatic heterocycles. The minimum atomic E-state index is -0.0485. The third-order valence-electron chi connectivity index (χ3n) is 3.72. The van der Waals surface area contributed by atoms with Gasteiger partial charge in [-0.2, -0.15) is 0 Å². The van der Waals surface area contributed by atoms with Gasteiger partial charge in [-0.05, 0) is 37.1 Å². The summed E-state index contributed by atoms with van der Waals surface area (Å²) in [5.74, 6) is 0.596. The van der Waals surface area contributed by atoms with Crippen LogP contribution >= 0.6 is 0 Å². The smallest absolute Gasteiger partial charge is 0.144 e. The fourth-order valence-corrected chi connectivity index (χ4v) is 2.37. The maximum absolute atomic E-state index is 9.39. The number of fused-ring (bicyclic) bond motifs is 1. The number of pyridine rings is 1. The Labute approximate surface area is 117 Å². The van der Waals surface area contributed by atoms with E-state index in [0.29, 0.717) is 11.5 Å². The Morgan fingerprint density at radius 1 is 1.20 bits per heavy atom. The molecule has 3 N–H and O–H groups in total. The molecule has 3 rings (SSSR count). The van der Waals surface area contributed by atoms with E-state index >= 15 is 0 Å². The van der Waals surface area contributed by atoms with Crippen molar-refractivity contribution in [1.29, 1.82) is 0 Å². The summed E-state index contributed by atoms with van der Waals surface area (Å²) >= 11 is 0. The first-order valence-electron chi connectivity index (χ1n) is 6.55. The Kier molecular flexibility index (Phi) is 2.95. The zero-order valence-corrected chi connectivity index (χ0v) is 11.6. The summed E-state index contributed by atoms with van der Waals surface area (Å²) in [6, 6.07) is 9.90. The topological polar surface area (TPSA) is 63.5 Å². The Balaban J connectivity index is 2.26. The van der Waals surface area contributed by atoms with E-state index in [1.807, 2.05) is 28.8 Å². The second kappa shape index (κ2) is 4.65. The van der Waals surface area contributed by atoms with Crippen molar-refractivity contribution < 1.29 is 5.11 Å². The van der Waals surface area contributed by atoms with E-state index in [2.05, 4.69) is 31.0 Å². The lowest BCUT2D eigenvalue weighted by Gasteiger charge is -2.03. The number of benzene rings is 1. The van der Waals surface area contributed by atoms with Crippen molar-refractivity contribution >= 4 is 11.5 Å². The summed E-state index contributed by atoms with van der Waals surface area (Å²) in [5.41, 5.74) is 11.9. The van der Waals surface area contributed by atoms with Crippen LogP contribution in [0.4, 0.5) is 5.82 Å². The number of nitrogens with zero attached hydrogens (tertiary/aromatic N) is 2. The molecule has 102 valence electrons. The first-order chi connectivity index (χ1) is 9.61. The molecule has 0 atom stereocenters. The van der Waals surface area contributed by atoms with Gasteiger partial charge in [0.2, 0.25) is 0 Å². The second-order valence-electron chi connectivity index (χ2n) is 5.03. The Hall–Kier alpha value is -2.33. The number of rotatable bonds is 2. The molecule has 3 aromatic rings. The van der Waals surface area contributed by atoms with E-state index in [0.717, 1.165) is 16.8 Å². The minimum Gasteiger partial charge on any atom is -0.392 e. The SMILES string of the molecule is Cc1ccc(-c2nc3c(CO)cccn3c2N)cc1C. The van der Waals surface area contributed by atoms with Crippen LogP contribution in [-0.4, -0.2) is 14.5 Å². The van der Waals surface area contributed by atoms with Gasteiger partial charge in [0, 0.05) is 17.3 Å². The van der Waals surface area contributed by atoms with Crippen molar-refractivity contribution in [2.75, 3.05) is 5.73 Å². The first kappa shape index (κ1) is 12.7. The lowest BCUT2D eigenvalue weighted by Crippen LogP contribution is -1.96. The number of hydrogen-bond acceptors (Lipinski definition) is 3. The lowest BCUT2D eigenvalue weighted by molar-refractivity contribution is 0.282. The van der Waals surface area contributed by atoms with Gasteiger partial charge >= 0.3 is 0 Å². The number of hydrogen-bond donors (Lipinski definition) is 2. The maximum atomic E-state index is 9.39. The van der Waals surface area contributed by atoms with Crippen LogP contribution in [0, 0.1) is 13.8 Å². The van der Waals surface area contributed by atoms with Crippen LogP contribution in [0.3, 0.4) is 0 Å². The highest BCUT2D eigenvalue weighted by Crippen LogP contribution is 2.28. The monoisotopic (exact) mass is 267 g/mol. The summed E-state index contributed by atoms with van der Waals surface area (Å²) in [5, 5.41) is 9.39. The fourth-order valence-electron chi connectivity index (χ4n) is 2.37. The summed E-state index contributed by atoms with van der Waals surface area (Å²) in [6.45, 7) is 4.10. The van der Waals surface area contributed by atoms with Gasteiger partial charge in [-0.25, -0.2) is 4.98 Å². The highest BCUT2D eigenvalue weighted by molar-refractivity contribution is 5.76. The van der Waals surface area contributed by atoms with E-state index in [-0.39, 0.29) is 6.61 Å². The third kappa shape index (κ3) is 1.85. The van der Waals surface area contributed by atoms with Crippen LogP contribution in [0.15, 0.2) is 36.5 Å². The summed E-state index contributed by atoms with van der Waals surface area (Å²) in [4.78, 5) is 4.60. The van der Waals surface area contributed by atoms with Gasteiger partial charge in [0.05, 0.1) is 6.61 Å². The van der Waals surface area contributed by atoms with Crippen molar-refractivity contribution in [2.45, 2.75) is 20.5 Å². The van der Waals surface area contributed by atoms with E-state index in [4.69, 9.17) is 5.73 Å². The summed E-state index contributed by atoms with van der Waals surface area (Å²) in [7, 11) is 0. The van der Waals surface area contributed by atoms with Crippen LogP contribution in [0.25, 0.3) is 16.9 Å². The number of aliphatic hydroxyl groups excluding tert-OH is 1. The van der Waals surface area contributed by atoms with Crippen molar-refractivity contribution in [1.82, 2.24) is 9.38 Å². The third-order valence-corrected chi connectivity index (χ3v) is 3.72. The quantitative estimate of drug-likeness (QED) is 0.750. The molecule has 4 heteroatoms. The van der Waals surface area contributed by atoms with Gasteiger partial charge in [-0.15, -0.1) is 0 Å². The number of aromatic nitrogens is 2. The molecule has 0 amide bonds. The normalized spacial score (nSPS) is 11.2. The van der Waals surface area contributed by atoms with Crippen molar-refractivity contribution in [3.05, 3.63) is 53.2 Å². The van der Waals surface area contributed by atoms with Gasteiger partial charge < -0.3 is 10.8 Å². The van der Waals surface area contributed by atoms with E-state index in [1.54, 1.807) is 0 Å². The number of nitrogen functional groups attached to an aromatic ring is 1. The van der Waals surface area contributed by atoms with Gasteiger partial charge in [0.15, 0.2) is 0 Å². The van der Waals surface area contributed by atoms with Crippen LogP contribution in [0.1, 0.15) is 16.7 Å². The fraction of sp³-hybridized carbons (Fsp3) is 0.188. The summed E-state index contributed by atoms with van der Waals surface area (Å²) in [6.07, 6.45) is 1.86. The first-order valence-corrected chi connectivity index (χ1v) is 6.55. The number of nitrogens with two attached hydrogens (primary N) is 1. The molecule has 0 aliphatic carbocycles. The molecule has 0 saturated carbocycles. The molecule has 0 saturated heterocycles. The van der Waals surface area contributed by atoms with E-state index in [1.165, 1.54) is 11.1 Å². The average molecular weight is 267 g/mol. The molecule has 0 aliphatic rings. The van der Waals surface area contributed by atoms with E-state index in [9.17, 15) is 5.11 Å². The van der Waals surface area contributed by atoms with Crippen molar-refractivity contribution in [2.24, 2.45) is 0 Å². The Bertz CT molecular complexity index is 790. The highest BCUT2D eigenvalue weighted by Gasteiger charge is 2.13. The lowest BCUT2D eigenvalue weighted by atomic mass is 10.0. The predicted molar refractivity (Wildman–Crippen MR) is 80.4 cm³/mol. The average Bonchev–Trinajstić information content (AvgIpc) is 2.79. The molecule has 0 radical (unpaired) electrons. The van der Waals surface area contributed by atoms with Gasteiger partial charge in [-0.1, -0.05) is 18.2 Å². The Morgan fingerprint density at radius 3 is 2.70 bits per heavy atom. The molecular weight excluding hydrogens is 250 g/mol. The largest absolute Gasteiger partial charge is 0.392 e. The molecular formula is C16H17N3O. The van der Waals surface area contributed by atoms with Gasteiger partial charge in [-0.3, -0.25) is 4.40 Å². The van der Waals surface area contributed by atoms with Crippen LogP contribution in [-0.2, 0) is 6.61 Å². The molecule has 1 aromatic carbocycles. The zero-order valence-electron chi connectivity index (χ0n) is 11.6. The van der Waals surface area contributed by atoms with Crippen LogP contribution in [0.5, 0.6) is 0 Å². The molecule has 0 unspecified atom stereocenters. The summed E-state index contributed by atoms with van der Waals surface area (Å²) < 4.78 is 1.82. The number of aryl methyl sites for hydroxylation is 2. The Morgan fingerprint density at radius 2 is 2.00 bits per heavy atom. The zero-order chi connectivity index (χ0) is 14.3. The molecule has 4 nitrogen and oxygen atoms in total. The second-order valence-corrected chi connectivity index (χ2v) is 5.03. The molecule has 20 heavy (non-hydrogen) atoms. The number of aliphatic hydroxyl groups is 1.